The fourth-order valence-corrected chi connectivity index (χ4v) is 3.32. The third kappa shape index (κ3) is 5.21. The van der Waals surface area contributed by atoms with E-state index in [0.717, 1.165) is 12.8 Å². The Hall–Kier alpha value is -2.57. The molecule has 0 aliphatic carbocycles. The lowest BCUT2D eigenvalue weighted by molar-refractivity contribution is -0.121. The van der Waals surface area contributed by atoms with Crippen molar-refractivity contribution < 1.29 is 14.4 Å². The first-order chi connectivity index (χ1) is 12.9. The van der Waals surface area contributed by atoms with E-state index in [1.807, 2.05) is 13.8 Å². The zero-order valence-electron chi connectivity index (χ0n) is 16.7. The molecule has 148 valence electrons. The van der Waals surface area contributed by atoms with Crippen LogP contribution in [-0.2, 0) is 4.79 Å². The van der Waals surface area contributed by atoms with Gasteiger partial charge in [0, 0.05) is 51.5 Å². The van der Waals surface area contributed by atoms with Crippen LogP contribution in [0.2, 0.25) is 0 Å². The molecular formula is C20H30N4O3. The van der Waals surface area contributed by atoms with E-state index in [1.54, 1.807) is 48.2 Å². The maximum absolute atomic E-state index is 12.7. The average molecular weight is 374 g/mol. The van der Waals surface area contributed by atoms with Crippen LogP contribution in [0.15, 0.2) is 24.3 Å². The number of carbonyl (C=O) groups excluding carboxylic acids is 3. The van der Waals surface area contributed by atoms with Crippen molar-refractivity contribution in [1.82, 2.24) is 14.7 Å². The minimum absolute atomic E-state index is 0.0449. The molecule has 27 heavy (non-hydrogen) atoms. The highest BCUT2D eigenvalue weighted by Gasteiger charge is 2.29. The number of nitrogens with zero attached hydrogens (tertiary/aromatic N) is 3. The van der Waals surface area contributed by atoms with Gasteiger partial charge in [-0.25, -0.2) is 4.79 Å². The van der Waals surface area contributed by atoms with Crippen molar-refractivity contribution in [2.45, 2.75) is 26.7 Å². The lowest BCUT2D eigenvalue weighted by atomic mass is 9.97. The third-order valence-electron chi connectivity index (χ3n) is 4.87. The first-order valence-electron chi connectivity index (χ1n) is 9.53. The Bertz CT molecular complexity index is 686. The highest BCUT2D eigenvalue weighted by atomic mass is 16.2. The molecule has 1 aromatic carbocycles. The maximum atomic E-state index is 12.7. The van der Waals surface area contributed by atoms with Gasteiger partial charge in [-0.15, -0.1) is 0 Å². The second kappa shape index (κ2) is 9.39. The fourth-order valence-electron chi connectivity index (χ4n) is 3.32. The van der Waals surface area contributed by atoms with Gasteiger partial charge in [0.15, 0.2) is 0 Å². The molecule has 7 nitrogen and oxygen atoms in total. The van der Waals surface area contributed by atoms with Crippen molar-refractivity contribution in [3.05, 3.63) is 29.8 Å². The van der Waals surface area contributed by atoms with Gasteiger partial charge < -0.3 is 20.0 Å². The minimum atomic E-state index is -0.246. The van der Waals surface area contributed by atoms with Crippen LogP contribution in [0.4, 0.5) is 10.5 Å². The van der Waals surface area contributed by atoms with Gasteiger partial charge >= 0.3 is 6.03 Å². The lowest BCUT2D eigenvalue weighted by Crippen LogP contribution is -2.47. The molecule has 1 unspecified atom stereocenters. The molecule has 0 aromatic heterocycles. The first kappa shape index (κ1) is 20.7. The number of likely N-dealkylation sites (tertiary alicyclic amines) is 1. The molecule has 4 amide bonds. The van der Waals surface area contributed by atoms with E-state index in [2.05, 4.69) is 5.32 Å². The van der Waals surface area contributed by atoms with Crippen LogP contribution in [0, 0.1) is 5.92 Å². The van der Waals surface area contributed by atoms with Gasteiger partial charge in [-0.05, 0) is 44.9 Å². The molecule has 1 heterocycles. The predicted molar refractivity (Wildman–Crippen MR) is 106 cm³/mol. The summed E-state index contributed by atoms with van der Waals surface area (Å²) in [5.74, 6) is -0.403. The number of urea groups is 1. The van der Waals surface area contributed by atoms with Gasteiger partial charge in [0.1, 0.15) is 0 Å². The first-order valence-corrected chi connectivity index (χ1v) is 9.53. The molecule has 0 bridgehead atoms. The second-order valence-corrected chi connectivity index (χ2v) is 7.01. The molecule has 0 saturated carbocycles. The number of rotatable bonds is 5. The number of piperidine rings is 1. The minimum Gasteiger partial charge on any atom is -0.339 e. The maximum Gasteiger partial charge on any atom is 0.319 e. The molecule has 2 rings (SSSR count). The summed E-state index contributed by atoms with van der Waals surface area (Å²) >= 11 is 0. The molecule has 0 spiro atoms. The topological polar surface area (TPSA) is 73.0 Å². The molecule has 1 aliphatic heterocycles. The Morgan fingerprint density at radius 2 is 1.89 bits per heavy atom. The van der Waals surface area contributed by atoms with Crippen LogP contribution in [0.1, 0.15) is 37.0 Å². The SMILES string of the molecule is CCN(CC)C(=O)c1cccc(NC(=O)C2CCCN(C(=O)N(C)C)C2)c1. The Balaban J connectivity index is 2.04. The Morgan fingerprint density at radius 1 is 1.19 bits per heavy atom. The van der Waals surface area contributed by atoms with E-state index in [1.165, 1.54) is 4.90 Å². The number of nitrogens with one attached hydrogen (secondary N) is 1. The van der Waals surface area contributed by atoms with Crippen molar-refractivity contribution in [1.29, 1.82) is 0 Å². The number of hydrogen-bond donors (Lipinski definition) is 1. The quantitative estimate of drug-likeness (QED) is 0.861. The summed E-state index contributed by atoms with van der Waals surface area (Å²) in [6.07, 6.45) is 1.55. The number of carbonyl (C=O) groups is 3. The zero-order chi connectivity index (χ0) is 20.0. The summed E-state index contributed by atoms with van der Waals surface area (Å²) in [6.45, 7) is 6.26. The van der Waals surface area contributed by atoms with Gasteiger partial charge in [0.2, 0.25) is 5.91 Å². The van der Waals surface area contributed by atoms with Crippen LogP contribution < -0.4 is 5.32 Å². The molecule has 1 saturated heterocycles. The lowest BCUT2D eigenvalue weighted by Gasteiger charge is -2.33. The molecule has 1 fully saturated rings. The van der Waals surface area contributed by atoms with E-state index in [-0.39, 0.29) is 23.8 Å². The summed E-state index contributed by atoms with van der Waals surface area (Å²) < 4.78 is 0. The monoisotopic (exact) mass is 374 g/mol. The highest BCUT2D eigenvalue weighted by molar-refractivity contribution is 5.97. The Morgan fingerprint density at radius 3 is 2.52 bits per heavy atom. The van der Waals surface area contributed by atoms with Gasteiger partial charge in [-0.1, -0.05) is 6.07 Å². The molecule has 1 atom stereocenters. The summed E-state index contributed by atoms with van der Waals surface area (Å²) in [5, 5.41) is 2.91. The van der Waals surface area contributed by atoms with Gasteiger partial charge in [-0.3, -0.25) is 9.59 Å². The third-order valence-corrected chi connectivity index (χ3v) is 4.87. The van der Waals surface area contributed by atoms with Crippen LogP contribution >= 0.6 is 0 Å². The zero-order valence-corrected chi connectivity index (χ0v) is 16.7. The van der Waals surface area contributed by atoms with Crippen molar-refractivity contribution in [3.8, 4) is 0 Å². The largest absolute Gasteiger partial charge is 0.339 e. The molecule has 7 heteroatoms. The van der Waals surface area contributed by atoms with Crippen molar-refractivity contribution >= 4 is 23.5 Å². The van der Waals surface area contributed by atoms with Gasteiger partial charge in [-0.2, -0.15) is 0 Å². The number of amides is 4. The summed E-state index contributed by atoms with van der Waals surface area (Å²) in [7, 11) is 3.43. The highest BCUT2D eigenvalue weighted by Crippen LogP contribution is 2.20. The van der Waals surface area contributed by atoms with E-state index in [4.69, 9.17) is 0 Å². The van der Waals surface area contributed by atoms with E-state index < -0.39 is 0 Å². The van der Waals surface area contributed by atoms with E-state index in [9.17, 15) is 14.4 Å². The van der Waals surface area contributed by atoms with Crippen LogP contribution in [-0.4, -0.2) is 72.8 Å². The summed E-state index contributed by atoms with van der Waals surface area (Å²) in [6, 6.07) is 6.95. The number of anilines is 1. The smallest absolute Gasteiger partial charge is 0.319 e. The van der Waals surface area contributed by atoms with Gasteiger partial charge in [0.05, 0.1) is 5.92 Å². The van der Waals surface area contributed by atoms with Crippen LogP contribution in [0.25, 0.3) is 0 Å². The average Bonchev–Trinajstić information content (AvgIpc) is 2.68. The standard InChI is InChI=1S/C20H30N4O3/c1-5-23(6-2)19(26)15-9-7-11-17(13-15)21-18(25)16-10-8-12-24(14-16)20(27)22(3)4/h7,9,11,13,16H,5-6,8,10,12,14H2,1-4H3,(H,21,25). The van der Waals surface area contributed by atoms with Crippen molar-refractivity contribution in [3.63, 3.8) is 0 Å². The number of benzene rings is 1. The fraction of sp³-hybridized carbons (Fsp3) is 0.550. The molecule has 1 aliphatic rings. The molecule has 1 N–H and O–H groups in total. The molecule has 0 radical (unpaired) electrons. The molecule has 1 aromatic rings. The Kier molecular flexibility index (Phi) is 7.21. The molecular weight excluding hydrogens is 344 g/mol. The summed E-state index contributed by atoms with van der Waals surface area (Å²) in [4.78, 5) is 42.3. The Labute approximate surface area is 161 Å². The second-order valence-electron chi connectivity index (χ2n) is 7.01. The van der Waals surface area contributed by atoms with E-state index >= 15 is 0 Å². The number of hydrogen-bond acceptors (Lipinski definition) is 3. The van der Waals surface area contributed by atoms with Crippen molar-refractivity contribution in [2.75, 3.05) is 45.6 Å². The van der Waals surface area contributed by atoms with Crippen LogP contribution in [0.5, 0.6) is 0 Å². The van der Waals surface area contributed by atoms with Crippen molar-refractivity contribution in [2.24, 2.45) is 5.92 Å². The van der Waals surface area contributed by atoms with E-state index in [0.29, 0.717) is 37.4 Å². The predicted octanol–water partition coefficient (Wildman–Crippen LogP) is 2.50. The van der Waals surface area contributed by atoms with Crippen LogP contribution in [0.3, 0.4) is 0 Å². The normalized spacial score (nSPS) is 16.6. The summed E-state index contributed by atoms with van der Waals surface area (Å²) in [5.41, 5.74) is 1.17. The van der Waals surface area contributed by atoms with Gasteiger partial charge in [0.25, 0.3) is 5.91 Å².